The molecule has 1 heterocycles. The number of aryl methyl sites for hydroxylation is 1. The highest BCUT2D eigenvalue weighted by atomic mass is 32.2. The van der Waals surface area contributed by atoms with Gasteiger partial charge in [-0.2, -0.15) is 0 Å². The van der Waals surface area contributed by atoms with Gasteiger partial charge in [0.2, 0.25) is 11.8 Å². The standard InChI is InChI=1S/C21H19N3O3S2/c1-14-7-9-16(10-8-14)23-18(25)12-22-19(26)13-24-20(27)17(29-21(24)28)11-15-5-3-2-4-6-15/h2-11H,12-13H2,1H3,(H,22,26)(H,23,25)/b17-11+. The monoisotopic (exact) mass is 425 g/mol. The van der Waals surface area contributed by atoms with Crippen LogP contribution in [0.5, 0.6) is 0 Å². The van der Waals surface area contributed by atoms with Crippen LogP contribution in [0.15, 0.2) is 59.5 Å². The van der Waals surface area contributed by atoms with Crippen LogP contribution < -0.4 is 10.6 Å². The molecular formula is C21H19N3O3S2. The summed E-state index contributed by atoms with van der Waals surface area (Å²) in [6, 6.07) is 16.7. The number of anilines is 1. The molecule has 0 unspecified atom stereocenters. The molecule has 1 saturated heterocycles. The summed E-state index contributed by atoms with van der Waals surface area (Å²) in [7, 11) is 0. The summed E-state index contributed by atoms with van der Waals surface area (Å²) in [5.74, 6) is -1.12. The minimum Gasteiger partial charge on any atom is -0.345 e. The minimum atomic E-state index is -0.457. The van der Waals surface area contributed by atoms with Crippen molar-refractivity contribution in [1.29, 1.82) is 0 Å². The predicted octanol–water partition coefficient (Wildman–Crippen LogP) is 2.95. The molecule has 3 amide bonds. The second-order valence-corrected chi connectivity index (χ2v) is 8.05. The van der Waals surface area contributed by atoms with Gasteiger partial charge < -0.3 is 10.6 Å². The van der Waals surface area contributed by atoms with Crippen LogP contribution in [0.25, 0.3) is 6.08 Å². The Kier molecular flexibility index (Phi) is 6.79. The molecule has 0 saturated carbocycles. The van der Waals surface area contributed by atoms with Crippen LogP contribution in [0.3, 0.4) is 0 Å². The van der Waals surface area contributed by atoms with E-state index in [4.69, 9.17) is 12.2 Å². The fraction of sp³-hybridized carbons (Fsp3) is 0.143. The number of benzene rings is 2. The molecule has 1 aliphatic rings. The number of nitrogens with one attached hydrogen (secondary N) is 2. The zero-order chi connectivity index (χ0) is 20.8. The second-order valence-electron chi connectivity index (χ2n) is 6.37. The molecule has 6 nitrogen and oxygen atoms in total. The molecule has 8 heteroatoms. The van der Waals surface area contributed by atoms with E-state index in [1.807, 2.05) is 49.4 Å². The van der Waals surface area contributed by atoms with Crippen molar-refractivity contribution >= 4 is 57.8 Å². The van der Waals surface area contributed by atoms with Gasteiger partial charge in [0.15, 0.2) is 0 Å². The molecule has 3 rings (SSSR count). The molecule has 2 N–H and O–H groups in total. The minimum absolute atomic E-state index is 0.193. The highest BCUT2D eigenvalue weighted by Gasteiger charge is 2.33. The van der Waals surface area contributed by atoms with Crippen molar-refractivity contribution in [3.8, 4) is 0 Å². The van der Waals surface area contributed by atoms with Crippen molar-refractivity contribution in [1.82, 2.24) is 10.2 Å². The van der Waals surface area contributed by atoms with Crippen molar-refractivity contribution < 1.29 is 14.4 Å². The van der Waals surface area contributed by atoms with Gasteiger partial charge in [0.05, 0.1) is 11.4 Å². The highest BCUT2D eigenvalue weighted by molar-refractivity contribution is 8.26. The molecule has 0 aromatic heterocycles. The third-order valence-electron chi connectivity index (χ3n) is 4.05. The van der Waals surface area contributed by atoms with Gasteiger partial charge >= 0.3 is 0 Å². The lowest BCUT2D eigenvalue weighted by molar-refractivity contribution is -0.129. The van der Waals surface area contributed by atoms with E-state index in [0.717, 1.165) is 22.9 Å². The molecule has 0 radical (unpaired) electrons. The fourth-order valence-electron chi connectivity index (χ4n) is 2.56. The van der Waals surface area contributed by atoms with E-state index in [0.29, 0.717) is 14.9 Å². The molecule has 0 atom stereocenters. The molecule has 0 bridgehead atoms. The Hall–Kier alpha value is -2.97. The van der Waals surface area contributed by atoms with E-state index in [1.54, 1.807) is 18.2 Å². The van der Waals surface area contributed by atoms with Crippen LogP contribution >= 0.6 is 24.0 Å². The van der Waals surface area contributed by atoms with Crippen LogP contribution in [0.1, 0.15) is 11.1 Å². The summed E-state index contributed by atoms with van der Waals surface area (Å²) >= 11 is 6.39. The van der Waals surface area contributed by atoms with Gasteiger partial charge in [-0.15, -0.1) is 0 Å². The topological polar surface area (TPSA) is 78.5 Å². The van der Waals surface area contributed by atoms with E-state index in [1.165, 1.54) is 4.90 Å². The van der Waals surface area contributed by atoms with Crippen molar-refractivity contribution in [3.63, 3.8) is 0 Å². The lowest BCUT2D eigenvalue weighted by Gasteiger charge is -2.14. The largest absolute Gasteiger partial charge is 0.345 e. The number of amides is 3. The van der Waals surface area contributed by atoms with Crippen LogP contribution in [0.2, 0.25) is 0 Å². The van der Waals surface area contributed by atoms with Gasteiger partial charge in [0.1, 0.15) is 10.9 Å². The SMILES string of the molecule is Cc1ccc(NC(=O)CNC(=O)CN2C(=O)/C(=C\c3ccccc3)SC2=S)cc1. The smallest absolute Gasteiger partial charge is 0.266 e. The van der Waals surface area contributed by atoms with E-state index in [2.05, 4.69) is 10.6 Å². The Morgan fingerprint density at radius 1 is 1.07 bits per heavy atom. The summed E-state index contributed by atoms with van der Waals surface area (Å²) in [4.78, 5) is 38.4. The molecule has 2 aromatic carbocycles. The summed E-state index contributed by atoms with van der Waals surface area (Å²) < 4.78 is 0.316. The maximum Gasteiger partial charge on any atom is 0.266 e. The number of thiocarbonyl (C=S) groups is 1. The van der Waals surface area contributed by atoms with E-state index in [-0.39, 0.29) is 24.9 Å². The van der Waals surface area contributed by atoms with Crippen molar-refractivity contribution in [3.05, 3.63) is 70.6 Å². The molecule has 1 aliphatic heterocycles. The zero-order valence-electron chi connectivity index (χ0n) is 15.7. The molecule has 29 heavy (non-hydrogen) atoms. The average Bonchev–Trinajstić information content (AvgIpc) is 2.96. The Balaban J connectivity index is 1.51. The summed E-state index contributed by atoms with van der Waals surface area (Å²) in [6.45, 7) is 1.53. The van der Waals surface area contributed by atoms with E-state index < -0.39 is 5.91 Å². The van der Waals surface area contributed by atoms with E-state index >= 15 is 0 Å². The number of hydrogen-bond acceptors (Lipinski definition) is 5. The van der Waals surface area contributed by atoms with Crippen molar-refractivity contribution in [2.24, 2.45) is 0 Å². The number of rotatable bonds is 6. The summed E-state index contributed by atoms with van der Waals surface area (Å²) in [5.41, 5.74) is 2.61. The van der Waals surface area contributed by atoms with Crippen LogP contribution in [0, 0.1) is 6.92 Å². The lowest BCUT2D eigenvalue weighted by atomic mass is 10.2. The number of hydrogen-bond donors (Lipinski definition) is 2. The van der Waals surface area contributed by atoms with Gasteiger partial charge in [-0.05, 0) is 30.7 Å². The first kappa shape index (κ1) is 20.8. The van der Waals surface area contributed by atoms with Gasteiger partial charge in [0.25, 0.3) is 5.91 Å². The van der Waals surface area contributed by atoms with Gasteiger partial charge in [-0.25, -0.2) is 0 Å². The van der Waals surface area contributed by atoms with Crippen molar-refractivity contribution in [2.45, 2.75) is 6.92 Å². The first-order valence-corrected chi connectivity index (χ1v) is 10.1. The third-order valence-corrected chi connectivity index (χ3v) is 5.43. The average molecular weight is 426 g/mol. The Bertz CT molecular complexity index is 972. The Labute approximate surface area is 178 Å². The fourth-order valence-corrected chi connectivity index (χ4v) is 3.81. The van der Waals surface area contributed by atoms with Crippen LogP contribution in [-0.4, -0.2) is 40.0 Å². The normalized spacial score (nSPS) is 14.9. The summed E-state index contributed by atoms with van der Waals surface area (Å²) in [6.07, 6.45) is 1.74. The molecule has 1 fully saturated rings. The first-order valence-electron chi connectivity index (χ1n) is 8.86. The van der Waals surface area contributed by atoms with Crippen molar-refractivity contribution in [2.75, 3.05) is 18.4 Å². The molecular weight excluding hydrogens is 406 g/mol. The zero-order valence-corrected chi connectivity index (χ0v) is 17.3. The number of carbonyl (C=O) groups is 3. The number of carbonyl (C=O) groups excluding carboxylic acids is 3. The summed E-state index contributed by atoms with van der Waals surface area (Å²) in [5, 5.41) is 5.21. The lowest BCUT2D eigenvalue weighted by Crippen LogP contribution is -2.42. The number of thioether (sulfide) groups is 1. The third kappa shape index (κ3) is 5.75. The maximum atomic E-state index is 12.6. The maximum absolute atomic E-state index is 12.6. The molecule has 0 spiro atoms. The van der Waals surface area contributed by atoms with E-state index in [9.17, 15) is 14.4 Å². The molecule has 2 aromatic rings. The first-order chi connectivity index (χ1) is 13.9. The Morgan fingerprint density at radius 2 is 1.76 bits per heavy atom. The Morgan fingerprint density at radius 3 is 2.45 bits per heavy atom. The van der Waals surface area contributed by atoms with Gasteiger partial charge in [0, 0.05) is 5.69 Å². The van der Waals surface area contributed by atoms with Crippen LogP contribution in [-0.2, 0) is 14.4 Å². The second kappa shape index (κ2) is 9.49. The highest BCUT2D eigenvalue weighted by Crippen LogP contribution is 2.32. The molecule has 0 aliphatic carbocycles. The van der Waals surface area contributed by atoms with Gasteiger partial charge in [-0.1, -0.05) is 72.0 Å². The van der Waals surface area contributed by atoms with Gasteiger partial charge in [-0.3, -0.25) is 19.3 Å². The van der Waals surface area contributed by atoms with Crippen LogP contribution in [0.4, 0.5) is 5.69 Å². The molecule has 148 valence electrons. The number of nitrogens with zero attached hydrogens (tertiary/aromatic N) is 1. The quantitative estimate of drug-likeness (QED) is 0.550. The predicted molar refractivity (Wildman–Crippen MR) is 119 cm³/mol.